The molecule has 0 spiro atoms. The number of nitrogens with zero attached hydrogens (tertiary/aromatic N) is 2. The van der Waals surface area contributed by atoms with E-state index in [2.05, 4.69) is 0 Å². The molecule has 0 bridgehead atoms. The minimum absolute atomic E-state index is 0.0195. The van der Waals surface area contributed by atoms with Crippen LogP contribution in [0.4, 0.5) is 0 Å². The van der Waals surface area contributed by atoms with Crippen LogP contribution in [0.5, 0.6) is 11.5 Å². The van der Waals surface area contributed by atoms with Gasteiger partial charge in [0.1, 0.15) is 12.2 Å². The number of ether oxygens (including phenoxy) is 2. The van der Waals surface area contributed by atoms with Gasteiger partial charge in [0.15, 0.2) is 23.0 Å². The number of rotatable bonds is 11. The standard InChI is InChI=1S/C32H32N2O6/c1-33(2)16-9-17-34-29(23-14-15-25(26(19-23)38-3)39-20-21-10-5-4-6-11-21)28(31(36)32(34)37)30(35)27-18-22-12-7-8-13-24(22)40-27/h4-8,10-15,18-19,29,36H,9,16-17,20H2,1-3H3/t29-/m1/s1. The molecule has 0 fully saturated rings. The molecule has 3 aromatic carbocycles. The van der Waals surface area contributed by atoms with E-state index < -0.39 is 23.5 Å². The smallest absolute Gasteiger partial charge is 0.290 e. The maximum Gasteiger partial charge on any atom is 0.290 e. The van der Waals surface area contributed by atoms with Gasteiger partial charge in [-0.05, 0) is 62.5 Å². The largest absolute Gasteiger partial charge is 0.503 e. The second-order valence-electron chi connectivity index (χ2n) is 9.98. The van der Waals surface area contributed by atoms with E-state index in [-0.39, 0.29) is 11.3 Å². The number of fused-ring (bicyclic) bond motifs is 1. The van der Waals surface area contributed by atoms with Crippen LogP contribution in [0.15, 0.2) is 94.6 Å². The Morgan fingerprint density at radius 3 is 2.48 bits per heavy atom. The lowest BCUT2D eigenvalue weighted by molar-refractivity contribution is -0.129. The zero-order chi connectivity index (χ0) is 28.2. The molecule has 8 heteroatoms. The van der Waals surface area contributed by atoms with E-state index in [9.17, 15) is 14.7 Å². The number of methoxy groups -OCH3 is 1. The lowest BCUT2D eigenvalue weighted by atomic mass is 9.94. The Morgan fingerprint density at radius 2 is 1.75 bits per heavy atom. The van der Waals surface area contributed by atoms with E-state index >= 15 is 0 Å². The molecule has 0 saturated heterocycles. The number of hydrogen-bond donors (Lipinski definition) is 1. The summed E-state index contributed by atoms with van der Waals surface area (Å²) in [6.45, 7) is 1.43. The molecular weight excluding hydrogens is 508 g/mol. The average Bonchev–Trinajstić information content (AvgIpc) is 3.51. The number of carbonyl (C=O) groups is 2. The van der Waals surface area contributed by atoms with Crippen molar-refractivity contribution >= 4 is 22.7 Å². The highest BCUT2D eigenvalue weighted by atomic mass is 16.5. The minimum atomic E-state index is -0.826. The fourth-order valence-corrected chi connectivity index (χ4v) is 4.96. The van der Waals surface area contributed by atoms with E-state index in [1.807, 2.05) is 67.5 Å². The van der Waals surface area contributed by atoms with Crippen molar-refractivity contribution < 1.29 is 28.6 Å². The predicted octanol–water partition coefficient (Wildman–Crippen LogP) is 5.55. The number of para-hydroxylation sites is 1. The van der Waals surface area contributed by atoms with Crippen molar-refractivity contribution in [3.8, 4) is 11.5 Å². The van der Waals surface area contributed by atoms with Crippen molar-refractivity contribution in [2.75, 3.05) is 34.3 Å². The minimum Gasteiger partial charge on any atom is -0.503 e. The first-order valence-electron chi connectivity index (χ1n) is 13.1. The van der Waals surface area contributed by atoms with Gasteiger partial charge in [-0.15, -0.1) is 0 Å². The molecule has 1 atom stereocenters. The van der Waals surface area contributed by atoms with Gasteiger partial charge >= 0.3 is 0 Å². The van der Waals surface area contributed by atoms with E-state index in [4.69, 9.17) is 13.9 Å². The van der Waals surface area contributed by atoms with Gasteiger partial charge in [0.05, 0.1) is 18.7 Å². The quantitative estimate of drug-likeness (QED) is 0.249. The van der Waals surface area contributed by atoms with Gasteiger partial charge in [-0.2, -0.15) is 0 Å². The lowest BCUT2D eigenvalue weighted by Crippen LogP contribution is -2.33. The summed E-state index contributed by atoms with van der Waals surface area (Å²) in [4.78, 5) is 30.7. The molecule has 1 aromatic heterocycles. The number of carbonyl (C=O) groups excluding carboxylic acids is 2. The number of amides is 1. The predicted molar refractivity (Wildman–Crippen MR) is 152 cm³/mol. The van der Waals surface area contributed by atoms with Crippen molar-refractivity contribution in [1.29, 1.82) is 0 Å². The third-order valence-corrected chi connectivity index (χ3v) is 6.94. The highest BCUT2D eigenvalue weighted by molar-refractivity contribution is 6.16. The fraction of sp³-hybridized carbons (Fsp3) is 0.250. The Bertz CT molecular complexity index is 1520. The highest BCUT2D eigenvalue weighted by Crippen LogP contribution is 2.42. The van der Waals surface area contributed by atoms with Crippen LogP contribution < -0.4 is 9.47 Å². The van der Waals surface area contributed by atoms with Crippen molar-refractivity contribution in [2.45, 2.75) is 19.1 Å². The van der Waals surface area contributed by atoms with Gasteiger partial charge in [-0.3, -0.25) is 9.59 Å². The Morgan fingerprint density at radius 1 is 1.00 bits per heavy atom. The molecule has 0 aliphatic carbocycles. The van der Waals surface area contributed by atoms with Crippen LogP contribution in [-0.4, -0.2) is 60.9 Å². The van der Waals surface area contributed by atoms with Crippen LogP contribution >= 0.6 is 0 Å². The number of ketones is 1. The summed E-state index contributed by atoms with van der Waals surface area (Å²) in [6, 6.07) is 23.2. The molecule has 0 unspecified atom stereocenters. The Kier molecular flexibility index (Phi) is 7.89. The maximum atomic E-state index is 13.8. The monoisotopic (exact) mass is 540 g/mol. The van der Waals surface area contributed by atoms with Crippen LogP contribution in [0.25, 0.3) is 11.0 Å². The number of benzene rings is 3. The SMILES string of the molecule is COc1cc([C@@H]2C(C(=O)c3cc4ccccc4o3)=C(O)C(=O)N2CCCN(C)C)ccc1OCc1ccccc1. The van der Waals surface area contributed by atoms with Crippen LogP contribution in [0.2, 0.25) is 0 Å². The molecule has 1 aliphatic rings. The molecule has 4 aromatic rings. The molecule has 0 saturated carbocycles. The summed E-state index contributed by atoms with van der Waals surface area (Å²) >= 11 is 0. The number of furan rings is 1. The molecule has 206 valence electrons. The normalized spacial score (nSPS) is 15.3. The van der Waals surface area contributed by atoms with Gasteiger partial charge in [0.25, 0.3) is 5.91 Å². The molecule has 40 heavy (non-hydrogen) atoms. The Labute approximate surface area is 233 Å². The van der Waals surface area contributed by atoms with Crippen LogP contribution in [0.1, 0.15) is 34.1 Å². The van der Waals surface area contributed by atoms with E-state index in [0.29, 0.717) is 42.2 Å². The highest BCUT2D eigenvalue weighted by Gasteiger charge is 2.44. The second kappa shape index (κ2) is 11.7. The molecule has 2 heterocycles. The summed E-state index contributed by atoms with van der Waals surface area (Å²) < 4.78 is 17.5. The number of aliphatic hydroxyl groups is 1. The van der Waals surface area contributed by atoms with E-state index in [0.717, 1.165) is 17.5 Å². The van der Waals surface area contributed by atoms with Crippen LogP contribution in [-0.2, 0) is 11.4 Å². The van der Waals surface area contributed by atoms with Crippen LogP contribution in [0.3, 0.4) is 0 Å². The summed E-state index contributed by atoms with van der Waals surface area (Å²) in [5.74, 6) is -0.653. The van der Waals surface area contributed by atoms with Crippen molar-refractivity contribution in [3.05, 3.63) is 107 Å². The molecule has 5 rings (SSSR count). The molecule has 8 nitrogen and oxygen atoms in total. The zero-order valence-corrected chi connectivity index (χ0v) is 22.8. The maximum absolute atomic E-state index is 13.8. The summed E-state index contributed by atoms with van der Waals surface area (Å²) in [6.07, 6.45) is 0.657. The second-order valence-corrected chi connectivity index (χ2v) is 9.98. The summed E-state index contributed by atoms with van der Waals surface area (Å²) in [7, 11) is 5.44. The van der Waals surface area contributed by atoms with Gasteiger partial charge in [0, 0.05) is 11.9 Å². The van der Waals surface area contributed by atoms with Gasteiger partial charge in [-0.25, -0.2) is 0 Å². The molecular formula is C32H32N2O6. The van der Waals surface area contributed by atoms with Crippen LogP contribution in [0, 0.1) is 0 Å². The van der Waals surface area contributed by atoms with E-state index in [1.165, 1.54) is 12.0 Å². The first-order chi connectivity index (χ1) is 19.4. The molecule has 1 N–H and O–H groups in total. The summed E-state index contributed by atoms with van der Waals surface area (Å²) in [5, 5.41) is 11.8. The summed E-state index contributed by atoms with van der Waals surface area (Å²) in [5.41, 5.74) is 2.16. The van der Waals surface area contributed by atoms with Gasteiger partial charge in [0.2, 0.25) is 5.78 Å². The zero-order valence-electron chi connectivity index (χ0n) is 22.8. The van der Waals surface area contributed by atoms with Crippen molar-refractivity contribution in [2.24, 2.45) is 0 Å². The average molecular weight is 541 g/mol. The topological polar surface area (TPSA) is 92.5 Å². The van der Waals surface area contributed by atoms with E-state index in [1.54, 1.807) is 30.3 Å². The lowest BCUT2D eigenvalue weighted by Gasteiger charge is -2.27. The Balaban J connectivity index is 1.50. The van der Waals surface area contributed by atoms with Gasteiger partial charge in [-0.1, -0.05) is 54.6 Å². The molecule has 0 radical (unpaired) electrons. The Hall–Kier alpha value is -4.56. The molecule has 1 amide bonds. The molecule has 1 aliphatic heterocycles. The van der Waals surface area contributed by atoms with Crippen molar-refractivity contribution in [3.63, 3.8) is 0 Å². The number of hydrogen-bond acceptors (Lipinski definition) is 7. The first kappa shape index (κ1) is 27.0. The third-order valence-electron chi connectivity index (χ3n) is 6.94. The van der Waals surface area contributed by atoms with Crippen molar-refractivity contribution in [1.82, 2.24) is 9.80 Å². The number of aliphatic hydroxyl groups excluding tert-OH is 1. The fourth-order valence-electron chi connectivity index (χ4n) is 4.96. The third kappa shape index (κ3) is 5.44. The van der Waals surface area contributed by atoms with Gasteiger partial charge < -0.3 is 28.8 Å². The first-order valence-corrected chi connectivity index (χ1v) is 13.1. The number of Topliss-reactive ketones (excluding diaryl/α,β-unsaturated/α-hetero) is 1.